The highest BCUT2D eigenvalue weighted by Gasteiger charge is 2.39. The number of ketones is 1. The Hall–Kier alpha value is -1.59. The molecule has 1 aromatic rings. The van der Waals surface area contributed by atoms with Crippen LogP contribution in [0.3, 0.4) is 0 Å². The van der Waals surface area contributed by atoms with E-state index in [0.29, 0.717) is 18.6 Å². The molecule has 118 valence electrons. The van der Waals surface area contributed by atoms with Crippen molar-refractivity contribution in [2.75, 3.05) is 19.6 Å². The third-order valence-corrected chi connectivity index (χ3v) is 4.95. The molecule has 1 heterocycles. The van der Waals surface area contributed by atoms with E-state index >= 15 is 0 Å². The largest absolute Gasteiger partial charge is 0.303 e. The van der Waals surface area contributed by atoms with Crippen LogP contribution in [-0.2, 0) is 11.2 Å². The average Bonchev–Trinajstić information content (AvgIpc) is 2.57. The van der Waals surface area contributed by atoms with Gasteiger partial charge in [-0.2, -0.15) is 0 Å². The van der Waals surface area contributed by atoms with Crippen LogP contribution < -0.4 is 0 Å². The first kappa shape index (κ1) is 16.8. The summed E-state index contributed by atoms with van der Waals surface area (Å²) in [5.74, 6) is 3.09. The first-order valence-electron chi connectivity index (χ1n) is 8.43. The van der Waals surface area contributed by atoms with Crippen LogP contribution in [0.15, 0.2) is 30.3 Å². The van der Waals surface area contributed by atoms with E-state index in [0.717, 1.165) is 38.9 Å². The zero-order chi connectivity index (χ0) is 15.8. The molecule has 0 N–H and O–H groups in total. The summed E-state index contributed by atoms with van der Waals surface area (Å²) in [7, 11) is 0. The quantitative estimate of drug-likeness (QED) is 0.715. The van der Waals surface area contributed by atoms with E-state index in [1.807, 2.05) is 6.92 Å². The lowest BCUT2D eigenvalue weighted by molar-refractivity contribution is -0.131. The second kappa shape index (κ2) is 8.15. The Kier molecular flexibility index (Phi) is 6.21. The number of aryl methyl sites for hydroxylation is 1. The van der Waals surface area contributed by atoms with Gasteiger partial charge < -0.3 is 4.90 Å². The van der Waals surface area contributed by atoms with Gasteiger partial charge in [0.2, 0.25) is 0 Å². The van der Waals surface area contributed by atoms with Crippen LogP contribution in [0.4, 0.5) is 0 Å². The zero-order valence-corrected chi connectivity index (χ0v) is 13.7. The zero-order valence-electron chi connectivity index (χ0n) is 13.7. The number of piperidine rings is 1. The summed E-state index contributed by atoms with van der Waals surface area (Å²) in [6.45, 7) is 5.07. The maximum Gasteiger partial charge on any atom is 0.139 e. The maximum atomic E-state index is 12.3. The van der Waals surface area contributed by atoms with Crippen molar-refractivity contribution in [3.63, 3.8) is 0 Å². The van der Waals surface area contributed by atoms with Crippen LogP contribution in [0.2, 0.25) is 0 Å². The SMILES string of the molecule is C#CCC1(C(=O)CC)CCN(CCCc2ccccc2)CC1. The van der Waals surface area contributed by atoms with Gasteiger partial charge in [0.25, 0.3) is 0 Å². The highest BCUT2D eigenvalue weighted by Crippen LogP contribution is 2.36. The molecule has 1 fully saturated rings. The summed E-state index contributed by atoms with van der Waals surface area (Å²) >= 11 is 0. The average molecular weight is 297 g/mol. The third-order valence-electron chi connectivity index (χ3n) is 4.95. The van der Waals surface area contributed by atoms with Gasteiger partial charge in [0.15, 0.2) is 0 Å². The summed E-state index contributed by atoms with van der Waals surface area (Å²) in [6, 6.07) is 10.6. The summed E-state index contributed by atoms with van der Waals surface area (Å²) in [4.78, 5) is 14.8. The predicted octanol–water partition coefficient (Wildman–Crippen LogP) is 3.70. The first-order valence-corrected chi connectivity index (χ1v) is 8.43. The van der Waals surface area contributed by atoms with Gasteiger partial charge in [0.05, 0.1) is 0 Å². The summed E-state index contributed by atoms with van der Waals surface area (Å²) in [5.41, 5.74) is 1.17. The Morgan fingerprint density at radius 3 is 2.55 bits per heavy atom. The van der Waals surface area contributed by atoms with Crippen LogP contribution >= 0.6 is 0 Å². The molecule has 2 rings (SSSR count). The van der Waals surface area contributed by atoms with E-state index < -0.39 is 0 Å². The van der Waals surface area contributed by atoms with Crippen LogP contribution in [0.1, 0.15) is 44.6 Å². The van der Waals surface area contributed by atoms with Crippen molar-refractivity contribution in [2.45, 2.75) is 45.4 Å². The molecule has 22 heavy (non-hydrogen) atoms. The number of benzene rings is 1. The molecule has 1 saturated heterocycles. The Balaban J connectivity index is 1.79. The molecule has 0 atom stereocenters. The molecule has 1 aliphatic rings. The lowest BCUT2D eigenvalue weighted by atomic mass is 9.71. The molecule has 0 amide bonds. The smallest absolute Gasteiger partial charge is 0.139 e. The minimum atomic E-state index is -0.237. The topological polar surface area (TPSA) is 20.3 Å². The summed E-state index contributed by atoms with van der Waals surface area (Å²) in [5, 5.41) is 0. The van der Waals surface area contributed by atoms with Crippen molar-refractivity contribution in [2.24, 2.45) is 5.41 Å². The Bertz CT molecular complexity index is 506. The van der Waals surface area contributed by atoms with Crippen LogP contribution in [0.25, 0.3) is 0 Å². The third kappa shape index (κ3) is 4.21. The number of Topliss-reactive ketones (excluding diaryl/α,β-unsaturated/α-hetero) is 1. The van der Waals surface area contributed by atoms with Gasteiger partial charge in [0.1, 0.15) is 5.78 Å². The van der Waals surface area contributed by atoms with E-state index in [-0.39, 0.29) is 5.41 Å². The number of terminal acetylenes is 1. The molecule has 0 unspecified atom stereocenters. The van der Waals surface area contributed by atoms with Gasteiger partial charge >= 0.3 is 0 Å². The molecule has 1 aliphatic heterocycles. The number of nitrogens with zero attached hydrogens (tertiary/aromatic N) is 1. The molecule has 0 bridgehead atoms. The fourth-order valence-corrected chi connectivity index (χ4v) is 3.48. The molecule has 2 nitrogen and oxygen atoms in total. The van der Waals surface area contributed by atoms with Gasteiger partial charge in [-0.25, -0.2) is 0 Å². The van der Waals surface area contributed by atoms with Crippen LogP contribution in [0, 0.1) is 17.8 Å². The highest BCUT2D eigenvalue weighted by atomic mass is 16.1. The molecule has 2 heteroatoms. The normalized spacial score (nSPS) is 17.8. The maximum absolute atomic E-state index is 12.3. The standard InChI is InChI=1S/C20H27NO/c1-3-12-20(19(22)4-2)13-16-21(17-14-20)15-8-11-18-9-6-5-7-10-18/h1,5-7,9-10H,4,8,11-17H2,2H3. The molecule has 0 aliphatic carbocycles. The number of rotatable bonds is 7. The Labute approximate surface area is 134 Å². The lowest BCUT2D eigenvalue weighted by Crippen LogP contribution is -2.44. The Morgan fingerprint density at radius 2 is 1.95 bits per heavy atom. The van der Waals surface area contributed by atoms with E-state index in [1.54, 1.807) is 0 Å². The van der Waals surface area contributed by atoms with Gasteiger partial charge in [-0.1, -0.05) is 37.3 Å². The number of carbonyl (C=O) groups excluding carboxylic acids is 1. The minimum absolute atomic E-state index is 0.237. The molecule has 0 aromatic heterocycles. The van der Waals surface area contributed by atoms with Crippen molar-refractivity contribution < 1.29 is 4.79 Å². The van der Waals surface area contributed by atoms with Crippen molar-refractivity contribution in [1.29, 1.82) is 0 Å². The second-order valence-electron chi connectivity index (χ2n) is 6.37. The monoisotopic (exact) mass is 297 g/mol. The minimum Gasteiger partial charge on any atom is -0.303 e. The fourth-order valence-electron chi connectivity index (χ4n) is 3.48. The van der Waals surface area contributed by atoms with E-state index in [1.165, 1.54) is 12.0 Å². The summed E-state index contributed by atoms with van der Waals surface area (Å²) in [6.07, 6.45) is 10.9. The van der Waals surface area contributed by atoms with Crippen molar-refractivity contribution in [1.82, 2.24) is 4.90 Å². The number of hydrogen-bond donors (Lipinski definition) is 0. The molecular weight excluding hydrogens is 270 g/mol. The summed E-state index contributed by atoms with van der Waals surface area (Å²) < 4.78 is 0. The Morgan fingerprint density at radius 1 is 1.27 bits per heavy atom. The van der Waals surface area contributed by atoms with E-state index in [9.17, 15) is 4.79 Å². The fraction of sp³-hybridized carbons (Fsp3) is 0.550. The highest BCUT2D eigenvalue weighted by molar-refractivity contribution is 5.85. The van der Waals surface area contributed by atoms with Gasteiger partial charge in [-0.05, 0) is 50.9 Å². The van der Waals surface area contributed by atoms with Crippen molar-refractivity contribution >= 4 is 5.78 Å². The predicted molar refractivity (Wildman–Crippen MR) is 91.6 cm³/mol. The number of likely N-dealkylation sites (tertiary alicyclic amines) is 1. The lowest BCUT2D eigenvalue weighted by Gasteiger charge is -2.39. The van der Waals surface area contributed by atoms with Gasteiger partial charge in [-0.15, -0.1) is 12.3 Å². The van der Waals surface area contributed by atoms with Gasteiger partial charge in [-0.3, -0.25) is 4.79 Å². The van der Waals surface area contributed by atoms with E-state index in [2.05, 4.69) is 41.2 Å². The molecule has 0 saturated carbocycles. The number of carbonyl (C=O) groups is 1. The number of hydrogen-bond acceptors (Lipinski definition) is 2. The first-order chi connectivity index (χ1) is 10.7. The van der Waals surface area contributed by atoms with Gasteiger partial charge in [0, 0.05) is 18.3 Å². The van der Waals surface area contributed by atoms with Crippen LogP contribution in [0.5, 0.6) is 0 Å². The van der Waals surface area contributed by atoms with Crippen molar-refractivity contribution in [3.05, 3.63) is 35.9 Å². The molecule has 1 aromatic carbocycles. The van der Waals surface area contributed by atoms with Crippen molar-refractivity contribution in [3.8, 4) is 12.3 Å². The molecule has 0 radical (unpaired) electrons. The second-order valence-corrected chi connectivity index (χ2v) is 6.37. The van der Waals surface area contributed by atoms with Crippen LogP contribution in [-0.4, -0.2) is 30.3 Å². The van der Waals surface area contributed by atoms with E-state index in [4.69, 9.17) is 6.42 Å². The molecule has 0 spiro atoms. The molecular formula is C20H27NO.